The molecule has 9 rings (SSSR count). The van der Waals surface area contributed by atoms with E-state index in [1.54, 1.807) is 0 Å². The zero-order valence-electron chi connectivity index (χ0n) is 30.5. The summed E-state index contributed by atoms with van der Waals surface area (Å²) < 4.78 is 8.72. The topological polar surface area (TPSA) is 46.3 Å². The number of nitrogens with zero attached hydrogens (tertiary/aromatic N) is 4. The van der Waals surface area contributed by atoms with Crippen molar-refractivity contribution in [2.75, 3.05) is 10.1 Å². The SMILES string of the molecule is CC(C)c1cccc(C(C)C)c1-c1ccnc(-n2c3[c-]c(Oc4[c-]c(N5[OH+]N(c6ccccc6)c6ccccc65)ccc4)ccc3c3ccccc32)c1.[Pt]. The van der Waals surface area contributed by atoms with Gasteiger partial charge in [0.15, 0.2) is 0 Å². The van der Waals surface area contributed by atoms with E-state index in [4.69, 9.17) is 14.7 Å². The van der Waals surface area contributed by atoms with Crippen molar-refractivity contribution in [1.29, 1.82) is 0 Å². The molecule has 7 heteroatoms. The zero-order valence-corrected chi connectivity index (χ0v) is 32.7. The molecule has 0 radical (unpaired) electrons. The fourth-order valence-electron chi connectivity index (χ4n) is 7.44. The molecule has 1 aliphatic rings. The molecule has 0 unspecified atom stereocenters. The Morgan fingerprint density at radius 1 is 0.611 bits per heavy atom. The molecule has 1 N–H and O–H groups in total. The van der Waals surface area contributed by atoms with Crippen molar-refractivity contribution in [3.05, 3.63) is 169 Å². The van der Waals surface area contributed by atoms with Crippen LogP contribution < -0.4 is 14.9 Å². The van der Waals surface area contributed by atoms with E-state index in [1.807, 2.05) is 70.9 Å². The fraction of sp³-hybridized carbons (Fsp3) is 0.128. The minimum absolute atomic E-state index is 0. The Bertz CT molecular complexity index is 2590. The van der Waals surface area contributed by atoms with Crippen molar-refractivity contribution in [3.8, 4) is 28.4 Å². The number of anilines is 4. The predicted octanol–water partition coefficient (Wildman–Crippen LogP) is 12.6. The summed E-state index contributed by atoms with van der Waals surface area (Å²) in [5.41, 5.74) is 10.8. The number of para-hydroxylation sites is 4. The van der Waals surface area contributed by atoms with Crippen molar-refractivity contribution in [2.24, 2.45) is 0 Å². The molecule has 0 aliphatic carbocycles. The van der Waals surface area contributed by atoms with Crippen LogP contribution in [0.4, 0.5) is 22.7 Å². The molecule has 0 saturated carbocycles. The summed E-state index contributed by atoms with van der Waals surface area (Å²) in [5.74, 6) is 2.75. The van der Waals surface area contributed by atoms with Gasteiger partial charge in [-0.1, -0.05) is 105 Å². The van der Waals surface area contributed by atoms with Crippen LogP contribution in [0, 0.1) is 12.1 Å². The molecule has 2 aromatic heterocycles. The van der Waals surface area contributed by atoms with Gasteiger partial charge in [-0.3, -0.25) is 0 Å². The van der Waals surface area contributed by atoms with Gasteiger partial charge in [0, 0.05) is 50.0 Å². The summed E-state index contributed by atoms with van der Waals surface area (Å²) in [6.45, 7) is 9.05. The second kappa shape index (κ2) is 14.6. The number of fused-ring (bicyclic) bond motifs is 4. The molecule has 6 nitrogen and oxygen atoms in total. The monoisotopic (exact) mass is 886 g/mol. The van der Waals surface area contributed by atoms with E-state index in [0.29, 0.717) is 23.3 Å². The number of pyridine rings is 1. The van der Waals surface area contributed by atoms with Gasteiger partial charge in [-0.2, -0.15) is 17.1 Å². The summed E-state index contributed by atoms with van der Waals surface area (Å²) in [5, 5.41) is 6.07. The molecule has 0 fully saturated rings. The van der Waals surface area contributed by atoms with Crippen LogP contribution in [0.2, 0.25) is 0 Å². The van der Waals surface area contributed by atoms with Crippen molar-refractivity contribution in [2.45, 2.75) is 39.5 Å². The Labute approximate surface area is 330 Å². The smallest absolute Gasteiger partial charge is 0.148 e. The van der Waals surface area contributed by atoms with Gasteiger partial charge in [-0.15, -0.1) is 40.8 Å². The Morgan fingerprint density at radius 2 is 1.28 bits per heavy atom. The first-order valence-corrected chi connectivity index (χ1v) is 18.2. The maximum Gasteiger partial charge on any atom is 0.148 e. The molecule has 0 spiro atoms. The Hall–Kier alpha value is -5.68. The molecule has 6 aromatic carbocycles. The average molecular weight is 887 g/mol. The minimum atomic E-state index is 0. The van der Waals surface area contributed by atoms with E-state index < -0.39 is 0 Å². The number of aromatic nitrogens is 2. The van der Waals surface area contributed by atoms with Gasteiger partial charge in [0.1, 0.15) is 22.9 Å². The number of hydrogen-bond acceptors (Lipinski definition) is 4. The van der Waals surface area contributed by atoms with E-state index in [0.717, 1.165) is 55.9 Å². The second-order valence-corrected chi connectivity index (χ2v) is 14.0. The number of rotatable bonds is 8. The van der Waals surface area contributed by atoms with Gasteiger partial charge in [-0.05, 0) is 81.9 Å². The maximum absolute atomic E-state index is 6.52. The summed E-state index contributed by atoms with van der Waals surface area (Å²) in [6.07, 6.45) is 1.92. The zero-order chi connectivity index (χ0) is 36.1. The first kappa shape index (κ1) is 35.4. The summed E-state index contributed by atoms with van der Waals surface area (Å²) in [7, 11) is 0. The predicted molar refractivity (Wildman–Crippen MR) is 215 cm³/mol. The molecule has 0 amide bonds. The van der Waals surface area contributed by atoms with Gasteiger partial charge in [0.25, 0.3) is 0 Å². The Kier molecular flexibility index (Phi) is 9.57. The molecule has 54 heavy (non-hydrogen) atoms. The second-order valence-electron chi connectivity index (χ2n) is 14.0. The van der Waals surface area contributed by atoms with Crippen molar-refractivity contribution in [3.63, 3.8) is 0 Å². The van der Waals surface area contributed by atoms with Crippen LogP contribution in [0.25, 0.3) is 38.8 Å². The number of ether oxygens (including phenoxy) is 1. The van der Waals surface area contributed by atoms with Crippen LogP contribution in [0.1, 0.15) is 50.7 Å². The number of benzene rings is 6. The third-order valence-corrected chi connectivity index (χ3v) is 9.91. The van der Waals surface area contributed by atoms with Gasteiger partial charge >= 0.3 is 0 Å². The van der Waals surface area contributed by atoms with Crippen LogP contribution in [0.3, 0.4) is 0 Å². The summed E-state index contributed by atoms with van der Waals surface area (Å²) >= 11 is 0. The minimum Gasteiger partial charge on any atom is -0.509 e. The van der Waals surface area contributed by atoms with E-state index in [1.165, 1.54) is 16.7 Å². The molecular weight excluding hydrogens is 848 g/mol. The maximum atomic E-state index is 6.52. The van der Waals surface area contributed by atoms with E-state index in [2.05, 4.69) is 129 Å². The summed E-state index contributed by atoms with van der Waals surface area (Å²) in [4.78, 5) is 9.92. The van der Waals surface area contributed by atoms with Crippen molar-refractivity contribution in [1.82, 2.24) is 9.55 Å². The van der Waals surface area contributed by atoms with Gasteiger partial charge in [0.2, 0.25) is 0 Å². The normalized spacial score (nSPS) is 12.5. The van der Waals surface area contributed by atoms with Gasteiger partial charge in [-0.25, -0.2) is 4.98 Å². The van der Waals surface area contributed by atoms with Crippen LogP contribution in [-0.4, -0.2) is 14.5 Å². The fourth-order valence-corrected chi connectivity index (χ4v) is 7.44. The molecule has 0 bridgehead atoms. The van der Waals surface area contributed by atoms with E-state index in [-0.39, 0.29) is 21.1 Å². The standard InChI is InChI=1S/C47H38N4O2.Pt/c1-31(2)38-19-13-20-39(32(3)4)47(38)33-26-27-48-46(28-33)49-42-21-9-8-18-40(42)41-25-24-37(30-45(41)49)52-36-17-12-16-35(29-36)51-44-23-11-10-22-43(44)50(53-51)34-14-6-5-7-15-34;/h5-28,31-32H,1-4H3;/q-2;/p+1. The van der Waals surface area contributed by atoms with E-state index in [9.17, 15) is 0 Å². The Balaban J connectivity index is 0.00000413. The third-order valence-electron chi connectivity index (χ3n) is 9.91. The Morgan fingerprint density at radius 3 is 2.04 bits per heavy atom. The third kappa shape index (κ3) is 6.26. The molecule has 3 heterocycles. The molecule has 1 aliphatic heterocycles. The molecule has 0 saturated heterocycles. The van der Waals surface area contributed by atoms with E-state index >= 15 is 0 Å². The largest absolute Gasteiger partial charge is 0.509 e. The van der Waals surface area contributed by atoms with Crippen LogP contribution in [0.15, 0.2) is 146 Å². The molecule has 8 aromatic rings. The summed E-state index contributed by atoms with van der Waals surface area (Å²) in [6, 6.07) is 54.9. The molecular formula is C47H39N4O2Pt-. The first-order valence-electron chi connectivity index (χ1n) is 18.2. The van der Waals surface area contributed by atoms with Crippen molar-refractivity contribution < 1.29 is 30.7 Å². The first-order chi connectivity index (χ1) is 25.9. The van der Waals surface area contributed by atoms with Gasteiger partial charge in [0.05, 0.1) is 0 Å². The molecule has 0 atom stereocenters. The van der Waals surface area contributed by atoms with Crippen LogP contribution in [0.5, 0.6) is 11.5 Å². The van der Waals surface area contributed by atoms with Crippen molar-refractivity contribution >= 4 is 44.6 Å². The number of hydrogen-bond donors (Lipinski definition) is 0. The quantitative estimate of drug-likeness (QED) is 0.113. The molecule has 270 valence electrons. The van der Waals surface area contributed by atoms with Crippen LogP contribution in [-0.2, 0) is 21.1 Å². The average Bonchev–Trinajstić information content (AvgIpc) is 3.74. The van der Waals surface area contributed by atoms with Crippen LogP contribution >= 0.6 is 0 Å². The van der Waals surface area contributed by atoms with Gasteiger partial charge < -0.3 is 9.30 Å².